The van der Waals surface area contributed by atoms with Gasteiger partial charge in [0.15, 0.2) is 11.6 Å². The molecule has 4 aromatic rings. The molecule has 2 unspecified atom stereocenters. The Bertz CT molecular complexity index is 2550. The fourth-order valence-electron chi connectivity index (χ4n) is 8.91. The van der Waals surface area contributed by atoms with Crippen molar-refractivity contribution >= 4 is 53.0 Å². The number of hydrogen-bond acceptors (Lipinski definition) is 12. The third-order valence-electron chi connectivity index (χ3n) is 12.6. The van der Waals surface area contributed by atoms with E-state index in [-0.39, 0.29) is 50.0 Å². The molecule has 1 heterocycles. The van der Waals surface area contributed by atoms with Gasteiger partial charge >= 0.3 is 6.09 Å². The van der Waals surface area contributed by atoms with E-state index >= 15 is 0 Å². The van der Waals surface area contributed by atoms with Crippen LogP contribution in [0, 0.1) is 5.92 Å². The molecule has 4 aromatic carbocycles. The lowest BCUT2D eigenvalue weighted by atomic mass is 9.83. The minimum absolute atomic E-state index is 0.00643. The van der Waals surface area contributed by atoms with Gasteiger partial charge in [0.05, 0.1) is 19.1 Å². The van der Waals surface area contributed by atoms with Crippen LogP contribution in [0.25, 0.3) is 0 Å². The highest BCUT2D eigenvalue weighted by Gasteiger charge is 2.45. The molecule has 18 nitrogen and oxygen atoms in total. The number of benzene rings is 4. The molecule has 2 fully saturated rings. The topological polar surface area (TPSA) is 262 Å². The zero-order valence-electron chi connectivity index (χ0n) is 39.9. The molecule has 1 aliphatic carbocycles. The molecule has 0 radical (unpaired) electrons. The van der Waals surface area contributed by atoms with Crippen molar-refractivity contribution in [3.05, 3.63) is 131 Å². The lowest BCUT2D eigenvalue weighted by Crippen LogP contribution is -2.58. The van der Waals surface area contributed by atoms with Gasteiger partial charge in [0.2, 0.25) is 29.4 Å². The van der Waals surface area contributed by atoms with Crippen LogP contribution in [-0.2, 0) is 40.1 Å². The van der Waals surface area contributed by atoms with Gasteiger partial charge in [-0.15, -0.1) is 0 Å². The van der Waals surface area contributed by atoms with Gasteiger partial charge in [0.25, 0.3) is 5.91 Å². The summed E-state index contributed by atoms with van der Waals surface area (Å²) in [6.45, 7) is 1.99. The molecule has 0 bridgehead atoms. The number of rotatable bonds is 23. The number of nitrogens with one attached hydrogen (secondary N) is 5. The Hall–Kier alpha value is -7.73. The van der Waals surface area contributed by atoms with Crippen molar-refractivity contribution in [3.63, 3.8) is 0 Å². The normalized spacial score (nSPS) is 16.8. The second-order valence-corrected chi connectivity index (χ2v) is 17.7. The van der Waals surface area contributed by atoms with E-state index in [4.69, 9.17) is 15.2 Å². The predicted molar refractivity (Wildman–Crippen MR) is 261 cm³/mol. The smallest absolute Gasteiger partial charge is 0.408 e. The number of ketones is 3. The van der Waals surface area contributed by atoms with Gasteiger partial charge in [-0.2, -0.15) is 0 Å². The van der Waals surface area contributed by atoms with Crippen molar-refractivity contribution in [2.75, 3.05) is 19.6 Å². The Morgan fingerprint density at radius 2 is 1.44 bits per heavy atom. The maximum atomic E-state index is 14.9. The number of nitrogens with two attached hydrogens (primary N) is 1. The number of alkyl carbamates (subject to hydrolysis) is 1. The predicted octanol–water partition coefficient (Wildman–Crippen LogP) is 4.61. The largest absolute Gasteiger partial charge is 0.457 e. The first-order valence-corrected chi connectivity index (χ1v) is 23.9. The zero-order chi connectivity index (χ0) is 50.9. The average molecular weight is 972 g/mol. The minimum atomic E-state index is -1.37. The third kappa shape index (κ3) is 14.9. The Labute approximate surface area is 412 Å². The van der Waals surface area contributed by atoms with Crippen LogP contribution >= 0.6 is 0 Å². The first kappa shape index (κ1) is 52.6. The molecule has 6 rings (SSSR count). The summed E-state index contributed by atoms with van der Waals surface area (Å²) in [7, 11) is 0. The molecule has 0 spiro atoms. The van der Waals surface area contributed by atoms with Crippen LogP contribution in [0.15, 0.2) is 109 Å². The monoisotopic (exact) mass is 971 g/mol. The highest BCUT2D eigenvalue weighted by atomic mass is 16.5. The number of ether oxygens (including phenoxy) is 2. The fraction of sp³-hybridized carbons (Fsp3) is 0.377. The molecule has 18 heteroatoms. The molecule has 0 aromatic heterocycles. The minimum Gasteiger partial charge on any atom is -0.457 e. The van der Waals surface area contributed by atoms with Crippen LogP contribution in [-0.4, -0.2) is 102 Å². The quantitative estimate of drug-likeness (QED) is 0.0440. The maximum absolute atomic E-state index is 14.9. The van der Waals surface area contributed by atoms with Crippen molar-refractivity contribution in [3.8, 4) is 11.5 Å². The molecule has 5 atom stereocenters. The number of amides is 6. The summed E-state index contributed by atoms with van der Waals surface area (Å²) in [5.41, 5.74) is 7.16. The lowest BCUT2D eigenvalue weighted by molar-refractivity contribution is -0.143. The second kappa shape index (κ2) is 25.8. The van der Waals surface area contributed by atoms with Crippen molar-refractivity contribution in [2.45, 2.75) is 102 Å². The van der Waals surface area contributed by atoms with E-state index in [0.29, 0.717) is 53.0 Å². The van der Waals surface area contributed by atoms with Gasteiger partial charge in [-0.1, -0.05) is 118 Å². The molecule has 374 valence electrons. The zero-order valence-corrected chi connectivity index (χ0v) is 39.9. The van der Waals surface area contributed by atoms with Crippen molar-refractivity contribution < 1.29 is 52.6 Å². The number of nitrogens with zero attached hydrogens (tertiary/aromatic N) is 1. The van der Waals surface area contributed by atoms with E-state index in [1.807, 2.05) is 18.2 Å². The van der Waals surface area contributed by atoms with Crippen molar-refractivity contribution in [1.82, 2.24) is 31.5 Å². The van der Waals surface area contributed by atoms with E-state index in [0.717, 1.165) is 19.3 Å². The van der Waals surface area contributed by atoms with Gasteiger partial charge in [-0.05, 0) is 68.4 Å². The summed E-state index contributed by atoms with van der Waals surface area (Å²) >= 11 is 0. The lowest BCUT2D eigenvalue weighted by Gasteiger charge is -2.34. The molecule has 1 saturated heterocycles. The number of carbonyl (C=O) groups excluding carboxylic acids is 9. The van der Waals surface area contributed by atoms with Gasteiger partial charge < -0.3 is 46.7 Å². The summed E-state index contributed by atoms with van der Waals surface area (Å²) in [6.07, 6.45) is 3.22. The van der Waals surface area contributed by atoms with Crippen molar-refractivity contribution in [1.29, 1.82) is 0 Å². The number of hydrogen-bond donors (Lipinski definition) is 6. The summed E-state index contributed by atoms with van der Waals surface area (Å²) in [5, 5.41) is 13.4. The molecular weight excluding hydrogens is 911 g/mol. The summed E-state index contributed by atoms with van der Waals surface area (Å²) in [4.78, 5) is 122. The van der Waals surface area contributed by atoms with E-state index in [1.165, 1.54) is 11.8 Å². The van der Waals surface area contributed by atoms with Crippen LogP contribution in [0.4, 0.5) is 4.79 Å². The highest BCUT2D eigenvalue weighted by molar-refractivity contribution is 6.38. The number of Topliss-reactive ketones (excluding diaryl/α,β-unsaturated/α-hetero) is 3. The fourth-order valence-corrected chi connectivity index (χ4v) is 8.91. The van der Waals surface area contributed by atoms with Crippen LogP contribution < -0.4 is 37.1 Å². The Balaban J connectivity index is 1.18. The van der Waals surface area contributed by atoms with E-state index < -0.39 is 78.2 Å². The number of likely N-dealkylation sites (tertiary alicyclic amines) is 1. The summed E-state index contributed by atoms with van der Waals surface area (Å²) < 4.78 is 11.5. The molecule has 6 amide bonds. The SMILES string of the molecule is CCCC(NC(=O)C1C[C@@H](NCC(=O)c2cccc(Oc3ccccc3)c2)CN1C(=O)[C@@H](NC(=O)OCc1ccccc1C(C)=O)C1CCCCC1)C(=O)C(=O)NCC(=O)N[C@H](C(N)=O)c1ccccc1. The first-order chi connectivity index (χ1) is 34.2. The first-order valence-electron chi connectivity index (χ1n) is 23.9. The van der Waals surface area contributed by atoms with Gasteiger partial charge in [-0.3, -0.25) is 38.4 Å². The standard InChI is InChI=1S/C53H61N7O11/c1-3-16-42(48(64)51(67)56-30-45(63)58-46(49(54)65)34-17-7-4-8-18-34)57-50(66)43-28-38(55-29-44(62)36-22-15-25-40(27-36)71-39-23-11-6-12-24-39)31-60(43)52(68)47(35-19-9-5-10-20-35)59-53(69)70-32-37-21-13-14-26-41(37)33(2)61/h4,6-8,11-15,17-18,21-27,35,38,42-43,46-47,55H,3,5,9-10,16,19-20,28-32H2,1-2H3,(H2,54,65)(H,56,67)(H,57,66)(H,58,63)(H,59,69)/t38-,42?,43?,46+,47+/m1/s1. The number of para-hydroxylation sites is 1. The van der Waals surface area contributed by atoms with Gasteiger partial charge in [-0.25, -0.2) is 4.79 Å². The van der Waals surface area contributed by atoms with Crippen molar-refractivity contribution in [2.24, 2.45) is 11.7 Å². The maximum Gasteiger partial charge on any atom is 0.408 e. The van der Waals surface area contributed by atoms with E-state index in [9.17, 15) is 43.2 Å². The molecule has 1 aliphatic heterocycles. The average Bonchev–Trinajstić information content (AvgIpc) is 3.82. The molecule has 1 saturated carbocycles. The highest BCUT2D eigenvalue weighted by Crippen LogP contribution is 2.30. The van der Waals surface area contributed by atoms with Crippen LogP contribution in [0.3, 0.4) is 0 Å². The number of carbonyl (C=O) groups is 9. The Morgan fingerprint density at radius 3 is 2.13 bits per heavy atom. The van der Waals surface area contributed by atoms with E-state index in [1.54, 1.807) is 97.9 Å². The Morgan fingerprint density at radius 1 is 0.761 bits per heavy atom. The molecule has 71 heavy (non-hydrogen) atoms. The van der Waals surface area contributed by atoms with Crippen LogP contribution in [0.1, 0.15) is 103 Å². The summed E-state index contributed by atoms with van der Waals surface area (Å²) in [6, 6.07) is 25.2. The molecular formula is C53H61N7O11. The Kier molecular flexibility index (Phi) is 19.1. The molecule has 7 N–H and O–H groups in total. The van der Waals surface area contributed by atoms with E-state index in [2.05, 4.69) is 26.6 Å². The number of primary amides is 1. The van der Waals surface area contributed by atoms with Gasteiger partial charge in [0, 0.05) is 29.3 Å². The molecule has 2 aliphatic rings. The van der Waals surface area contributed by atoms with Gasteiger partial charge in [0.1, 0.15) is 36.2 Å². The summed E-state index contributed by atoms with van der Waals surface area (Å²) in [5.74, 6) is -4.97. The van der Waals surface area contributed by atoms with Crippen LogP contribution in [0.5, 0.6) is 11.5 Å². The van der Waals surface area contributed by atoms with Crippen LogP contribution in [0.2, 0.25) is 0 Å². The third-order valence-corrected chi connectivity index (χ3v) is 12.6. The second-order valence-electron chi connectivity index (χ2n) is 17.7.